The molecule has 4 amide bonds. The molecule has 0 radical (unpaired) electrons. The fourth-order valence-electron chi connectivity index (χ4n) is 3.47. The lowest BCUT2D eigenvalue weighted by Gasteiger charge is -2.25. The number of aliphatic carboxylic acids is 1. The third-order valence-electron chi connectivity index (χ3n) is 5.57. The highest BCUT2D eigenvalue weighted by atomic mass is 32.2. The number of hydrogen-bond acceptors (Lipinski definition) is 9. The van der Waals surface area contributed by atoms with Crippen LogP contribution in [0.5, 0.6) is 5.75 Å². The lowest BCUT2D eigenvalue weighted by molar-refractivity contribution is -0.143. The largest absolute Gasteiger partial charge is 0.508 e. The zero-order chi connectivity index (χ0) is 28.7. The van der Waals surface area contributed by atoms with Gasteiger partial charge in [-0.25, -0.2) is 4.79 Å². The molecule has 0 heterocycles. The Bertz CT molecular complexity index is 947. The minimum Gasteiger partial charge on any atom is -0.508 e. The van der Waals surface area contributed by atoms with Crippen molar-refractivity contribution in [3.05, 3.63) is 29.8 Å². The van der Waals surface area contributed by atoms with E-state index < -0.39 is 60.2 Å². The van der Waals surface area contributed by atoms with Crippen LogP contribution in [0.1, 0.15) is 37.7 Å². The van der Waals surface area contributed by atoms with Crippen LogP contribution in [0.2, 0.25) is 0 Å². The molecule has 38 heavy (non-hydrogen) atoms. The van der Waals surface area contributed by atoms with Gasteiger partial charge in [-0.1, -0.05) is 12.1 Å². The maximum atomic E-state index is 13.1. The van der Waals surface area contributed by atoms with E-state index in [-0.39, 0.29) is 25.0 Å². The fourth-order valence-corrected chi connectivity index (χ4v) is 3.94. The summed E-state index contributed by atoms with van der Waals surface area (Å²) in [6.45, 7) is 0.354. The average Bonchev–Trinajstić information content (AvgIpc) is 2.86. The molecule has 0 aromatic heterocycles. The van der Waals surface area contributed by atoms with Crippen LogP contribution in [0.3, 0.4) is 0 Å². The number of phenols is 1. The molecule has 212 valence electrons. The summed E-state index contributed by atoms with van der Waals surface area (Å²) >= 11 is 1.46. The smallest absolute Gasteiger partial charge is 0.326 e. The Kier molecular flexibility index (Phi) is 14.8. The van der Waals surface area contributed by atoms with Crippen molar-refractivity contribution in [1.29, 1.82) is 0 Å². The number of phenolic OH excluding ortho intramolecular Hbond substituents is 1. The van der Waals surface area contributed by atoms with E-state index in [4.69, 9.17) is 17.2 Å². The van der Waals surface area contributed by atoms with Gasteiger partial charge in [0, 0.05) is 0 Å². The normalized spacial score (nSPS) is 14.0. The number of carboxylic acids is 1. The first-order chi connectivity index (χ1) is 18.0. The monoisotopic (exact) mass is 554 g/mol. The van der Waals surface area contributed by atoms with E-state index in [9.17, 15) is 34.2 Å². The van der Waals surface area contributed by atoms with Gasteiger partial charge in [0.25, 0.3) is 0 Å². The van der Waals surface area contributed by atoms with E-state index in [2.05, 4.69) is 16.0 Å². The zero-order valence-corrected chi connectivity index (χ0v) is 22.2. The number of rotatable bonds is 18. The van der Waals surface area contributed by atoms with Crippen molar-refractivity contribution in [1.82, 2.24) is 16.0 Å². The van der Waals surface area contributed by atoms with Crippen LogP contribution in [0.4, 0.5) is 0 Å². The summed E-state index contributed by atoms with van der Waals surface area (Å²) in [5, 5.41) is 26.2. The van der Waals surface area contributed by atoms with Gasteiger partial charge in [0.2, 0.25) is 23.6 Å². The summed E-state index contributed by atoms with van der Waals surface area (Å²) in [5.74, 6) is -3.77. The lowest BCUT2D eigenvalue weighted by atomic mass is 10.0. The molecular formula is C24H38N6O7S. The number of benzene rings is 1. The highest BCUT2D eigenvalue weighted by Crippen LogP contribution is 2.11. The van der Waals surface area contributed by atoms with Gasteiger partial charge in [0.1, 0.15) is 23.9 Å². The number of primary amides is 1. The van der Waals surface area contributed by atoms with Gasteiger partial charge in [0.15, 0.2) is 0 Å². The standard InChI is InChI=1S/C24H38N6O7S/c1-38-11-9-18(28-21(33)16(26)12-14-5-7-15(31)8-6-14)23(35)29-17(4-2-3-10-25)22(34)30-19(24(36)37)13-20(27)32/h5-8,16-19,31H,2-4,9-13,25-26H2,1H3,(H2,27,32)(H,28,33)(H,29,35)(H,30,34)(H,36,37). The summed E-state index contributed by atoms with van der Waals surface area (Å²) < 4.78 is 0. The molecule has 13 nitrogen and oxygen atoms in total. The second-order valence-electron chi connectivity index (χ2n) is 8.74. The predicted octanol–water partition coefficient (Wildman–Crippen LogP) is -1.44. The number of nitrogens with two attached hydrogens (primary N) is 3. The van der Waals surface area contributed by atoms with Gasteiger partial charge in [0.05, 0.1) is 12.5 Å². The van der Waals surface area contributed by atoms with Crippen LogP contribution in [-0.2, 0) is 30.4 Å². The number of carbonyl (C=O) groups is 5. The van der Waals surface area contributed by atoms with Gasteiger partial charge >= 0.3 is 5.97 Å². The van der Waals surface area contributed by atoms with E-state index in [1.807, 2.05) is 6.26 Å². The Hall–Kier alpha value is -3.36. The van der Waals surface area contributed by atoms with Crippen LogP contribution >= 0.6 is 11.8 Å². The SMILES string of the molecule is CSCCC(NC(=O)C(N)Cc1ccc(O)cc1)C(=O)NC(CCCCN)C(=O)NC(CC(N)=O)C(=O)O. The van der Waals surface area contributed by atoms with Gasteiger partial charge in [-0.15, -0.1) is 0 Å². The summed E-state index contributed by atoms with van der Waals surface area (Å²) in [6.07, 6.45) is 2.81. The van der Waals surface area contributed by atoms with Crippen LogP contribution in [0.25, 0.3) is 0 Å². The molecule has 0 aliphatic heterocycles. The number of hydrogen-bond donors (Lipinski definition) is 8. The molecule has 0 saturated heterocycles. The molecule has 0 fully saturated rings. The molecule has 4 unspecified atom stereocenters. The maximum Gasteiger partial charge on any atom is 0.326 e. The Morgan fingerprint density at radius 2 is 1.45 bits per heavy atom. The molecule has 0 spiro atoms. The summed E-state index contributed by atoms with van der Waals surface area (Å²) in [5.41, 5.74) is 17.4. The van der Waals surface area contributed by atoms with Gasteiger partial charge < -0.3 is 43.4 Å². The van der Waals surface area contributed by atoms with E-state index in [1.165, 1.54) is 23.9 Å². The molecular weight excluding hydrogens is 516 g/mol. The molecule has 4 atom stereocenters. The number of amides is 4. The van der Waals surface area contributed by atoms with Crippen molar-refractivity contribution in [3.8, 4) is 5.75 Å². The number of carbonyl (C=O) groups excluding carboxylic acids is 4. The third-order valence-corrected chi connectivity index (χ3v) is 6.22. The first-order valence-electron chi connectivity index (χ1n) is 12.1. The first-order valence-corrected chi connectivity index (χ1v) is 13.5. The molecule has 14 heteroatoms. The van der Waals surface area contributed by atoms with E-state index in [0.717, 1.165) is 5.56 Å². The molecule has 1 aromatic rings. The van der Waals surface area contributed by atoms with Gasteiger partial charge in [-0.2, -0.15) is 11.8 Å². The molecule has 0 bridgehead atoms. The molecule has 0 aliphatic rings. The summed E-state index contributed by atoms with van der Waals surface area (Å²) in [4.78, 5) is 61.4. The predicted molar refractivity (Wildman–Crippen MR) is 143 cm³/mol. The second-order valence-corrected chi connectivity index (χ2v) is 9.72. The Balaban J connectivity index is 2.96. The number of thioether (sulfide) groups is 1. The number of nitrogens with one attached hydrogen (secondary N) is 3. The van der Waals surface area contributed by atoms with Crippen molar-refractivity contribution in [2.45, 2.75) is 62.7 Å². The first kappa shape index (κ1) is 32.7. The molecule has 1 rings (SSSR count). The average molecular weight is 555 g/mol. The highest BCUT2D eigenvalue weighted by molar-refractivity contribution is 7.98. The Morgan fingerprint density at radius 3 is 1.97 bits per heavy atom. The molecule has 1 aromatic carbocycles. The van der Waals surface area contributed by atoms with Gasteiger partial charge in [-0.3, -0.25) is 19.2 Å². The quantitative estimate of drug-likeness (QED) is 0.0982. The lowest BCUT2D eigenvalue weighted by Crippen LogP contribution is -2.57. The Labute approximate surface area is 225 Å². The topological polar surface area (TPSA) is 240 Å². The van der Waals surface area contributed by atoms with E-state index >= 15 is 0 Å². The highest BCUT2D eigenvalue weighted by Gasteiger charge is 2.30. The van der Waals surface area contributed by atoms with E-state index in [0.29, 0.717) is 25.1 Å². The number of carboxylic acid groups (broad SMARTS) is 1. The molecule has 11 N–H and O–H groups in total. The van der Waals surface area contributed by atoms with Crippen LogP contribution < -0.4 is 33.2 Å². The number of unbranched alkanes of at least 4 members (excludes halogenated alkanes) is 1. The third kappa shape index (κ3) is 12.3. The van der Waals surface area contributed by atoms with Crippen molar-refractivity contribution < 1.29 is 34.2 Å². The minimum absolute atomic E-state index is 0.0786. The van der Waals surface area contributed by atoms with E-state index in [1.54, 1.807) is 12.1 Å². The molecule has 0 saturated carbocycles. The summed E-state index contributed by atoms with van der Waals surface area (Å²) in [7, 11) is 0. The van der Waals surface area contributed by atoms with Crippen molar-refractivity contribution >= 4 is 41.4 Å². The van der Waals surface area contributed by atoms with Crippen molar-refractivity contribution in [2.24, 2.45) is 17.2 Å². The van der Waals surface area contributed by atoms with Crippen LogP contribution in [-0.4, -0.2) is 82.5 Å². The zero-order valence-electron chi connectivity index (χ0n) is 21.4. The second kappa shape index (κ2) is 17.2. The fraction of sp³-hybridized carbons (Fsp3) is 0.542. The van der Waals surface area contributed by atoms with Crippen LogP contribution in [0, 0.1) is 0 Å². The Morgan fingerprint density at radius 1 is 0.895 bits per heavy atom. The molecule has 0 aliphatic carbocycles. The van der Waals surface area contributed by atoms with Crippen molar-refractivity contribution in [2.75, 3.05) is 18.6 Å². The minimum atomic E-state index is -1.56. The van der Waals surface area contributed by atoms with Crippen molar-refractivity contribution in [3.63, 3.8) is 0 Å². The van der Waals surface area contributed by atoms with Gasteiger partial charge in [-0.05, 0) is 68.4 Å². The summed E-state index contributed by atoms with van der Waals surface area (Å²) in [6, 6.07) is 1.54. The maximum absolute atomic E-state index is 13.1. The van der Waals surface area contributed by atoms with Crippen LogP contribution in [0.15, 0.2) is 24.3 Å². The number of aromatic hydroxyl groups is 1.